The van der Waals surface area contributed by atoms with E-state index in [1.165, 1.54) is 44.1 Å². The number of thiocarbonyl (C=S) groups is 1. The summed E-state index contributed by atoms with van der Waals surface area (Å²) in [6, 6.07) is 10.5. The van der Waals surface area contributed by atoms with E-state index in [0.717, 1.165) is 62.2 Å². The van der Waals surface area contributed by atoms with Crippen LogP contribution in [-0.4, -0.2) is 47.8 Å². The second-order valence-corrected chi connectivity index (χ2v) is 10.4. The minimum atomic E-state index is 0.0926. The SMILES string of the molecule is S=C(NCC1(c2ccc(Cl)cc2)CCCC1)Nc1nc(N2CCCC2)cc(N2CCCC2)n1. The van der Waals surface area contributed by atoms with Crippen LogP contribution in [0, 0.1) is 0 Å². The molecule has 0 radical (unpaired) electrons. The Morgan fingerprint density at radius 3 is 1.97 bits per heavy atom. The zero-order valence-corrected chi connectivity index (χ0v) is 20.7. The highest BCUT2D eigenvalue weighted by Gasteiger charge is 2.35. The average molecular weight is 485 g/mol. The highest BCUT2D eigenvalue weighted by molar-refractivity contribution is 7.80. The lowest BCUT2D eigenvalue weighted by molar-refractivity contribution is 0.435. The molecule has 0 amide bonds. The van der Waals surface area contributed by atoms with Gasteiger partial charge in [0.05, 0.1) is 0 Å². The summed E-state index contributed by atoms with van der Waals surface area (Å²) in [4.78, 5) is 14.4. The average Bonchev–Trinajstić information content (AvgIpc) is 3.61. The highest BCUT2D eigenvalue weighted by atomic mass is 35.5. The summed E-state index contributed by atoms with van der Waals surface area (Å²) in [6.07, 6.45) is 9.68. The van der Waals surface area contributed by atoms with E-state index in [2.05, 4.69) is 38.6 Å². The standard InChI is InChI=1S/C25H33ClN6S/c26-20-9-7-19(8-10-20)25(11-1-2-12-25)18-27-24(33)30-23-28-21(31-13-3-4-14-31)17-22(29-23)32-15-5-6-16-32/h7-10,17H,1-6,11-16,18H2,(H2,27,28,29,30,33). The Kier molecular flexibility index (Phi) is 6.88. The van der Waals surface area contributed by atoms with Gasteiger partial charge < -0.3 is 20.4 Å². The van der Waals surface area contributed by atoms with E-state index < -0.39 is 0 Å². The van der Waals surface area contributed by atoms with Crippen LogP contribution >= 0.6 is 23.8 Å². The van der Waals surface area contributed by atoms with Crippen LogP contribution in [0.1, 0.15) is 56.9 Å². The predicted molar refractivity (Wildman–Crippen MR) is 141 cm³/mol. The summed E-state index contributed by atoms with van der Waals surface area (Å²) in [5.74, 6) is 2.59. The molecule has 176 valence electrons. The molecule has 0 bridgehead atoms. The van der Waals surface area contributed by atoms with Gasteiger partial charge in [-0.3, -0.25) is 0 Å². The van der Waals surface area contributed by atoms with Crippen molar-refractivity contribution in [2.75, 3.05) is 47.8 Å². The Labute approximate surface area is 207 Å². The number of hydrogen-bond acceptors (Lipinski definition) is 5. The summed E-state index contributed by atoms with van der Waals surface area (Å²) in [7, 11) is 0. The Morgan fingerprint density at radius 2 is 1.42 bits per heavy atom. The van der Waals surface area contributed by atoms with Gasteiger partial charge in [-0.05, 0) is 68.4 Å². The maximum Gasteiger partial charge on any atom is 0.232 e. The molecule has 2 aromatic rings. The lowest BCUT2D eigenvalue weighted by Crippen LogP contribution is -2.41. The third-order valence-corrected chi connectivity index (χ3v) is 7.89. The van der Waals surface area contributed by atoms with Crippen molar-refractivity contribution in [3.8, 4) is 0 Å². The number of halogens is 1. The van der Waals surface area contributed by atoms with Crippen molar-refractivity contribution < 1.29 is 0 Å². The Hall–Kier alpha value is -2.12. The smallest absolute Gasteiger partial charge is 0.232 e. The molecule has 8 heteroatoms. The first-order chi connectivity index (χ1) is 16.1. The van der Waals surface area contributed by atoms with Crippen molar-refractivity contribution >= 4 is 46.5 Å². The molecule has 6 nitrogen and oxygen atoms in total. The molecule has 1 aromatic carbocycles. The lowest BCUT2D eigenvalue weighted by atomic mass is 9.79. The van der Waals surface area contributed by atoms with Crippen molar-refractivity contribution in [1.29, 1.82) is 0 Å². The van der Waals surface area contributed by atoms with Gasteiger partial charge in [0.25, 0.3) is 0 Å². The molecule has 3 fully saturated rings. The summed E-state index contributed by atoms with van der Waals surface area (Å²) < 4.78 is 0. The molecular formula is C25H33ClN6S. The second-order valence-electron chi connectivity index (χ2n) is 9.60. The molecule has 1 aromatic heterocycles. The van der Waals surface area contributed by atoms with Crippen molar-refractivity contribution in [2.45, 2.75) is 56.8 Å². The Bertz CT molecular complexity index is 929. The number of aromatic nitrogens is 2. The first-order valence-electron chi connectivity index (χ1n) is 12.3. The Morgan fingerprint density at radius 1 is 0.879 bits per heavy atom. The van der Waals surface area contributed by atoms with Gasteiger partial charge in [0.2, 0.25) is 5.95 Å². The predicted octanol–water partition coefficient (Wildman–Crippen LogP) is 5.13. The number of hydrogen-bond donors (Lipinski definition) is 2. The number of nitrogens with zero attached hydrogens (tertiary/aromatic N) is 4. The summed E-state index contributed by atoms with van der Waals surface area (Å²) >= 11 is 11.8. The molecule has 3 aliphatic rings. The monoisotopic (exact) mass is 484 g/mol. The molecule has 2 saturated heterocycles. The number of nitrogens with one attached hydrogen (secondary N) is 2. The van der Waals surface area contributed by atoms with Crippen LogP contribution in [0.4, 0.5) is 17.6 Å². The first kappa shape index (κ1) is 22.7. The van der Waals surface area contributed by atoms with Crippen molar-refractivity contribution in [3.63, 3.8) is 0 Å². The maximum absolute atomic E-state index is 6.13. The summed E-state index contributed by atoms with van der Waals surface area (Å²) in [5, 5.41) is 8.14. The maximum atomic E-state index is 6.13. The molecule has 0 unspecified atom stereocenters. The largest absolute Gasteiger partial charge is 0.361 e. The third-order valence-electron chi connectivity index (χ3n) is 7.39. The van der Waals surface area contributed by atoms with Crippen LogP contribution in [-0.2, 0) is 5.41 Å². The number of anilines is 3. The Balaban J connectivity index is 1.30. The molecule has 33 heavy (non-hydrogen) atoms. The van der Waals surface area contributed by atoms with Crippen LogP contribution in [0.5, 0.6) is 0 Å². The van der Waals surface area contributed by atoms with E-state index in [-0.39, 0.29) is 5.41 Å². The van der Waals surface area contributed by atoms with Gasteiger partial charge in [0.1, 0.15) is 11.6 Å². The van der Waals surface area contributed by atoms with E-state index in [4.69, 9.17) is 33.8 Å². The van der Waals surface area contributed by atoms with Crippen molar-refractivity contribution in [3.05, 3.63) is 40.9 Å². The van der Waals surface area contributed by atoms with E-state index in [0.29, 0.717) is 11.1 Å². The molecule has 0 atom stereocenters. The zero-order valence-electron chi connectivity index (χ0n) is 19.2. The lowest BCUT2D eigenvalue weighted by Gasteiger charge is -2.30. The fourth-order valence-electron chi connectivity index (χ4n) is 5.51. The van der Waals surface area contributed by atoms with Gasteiger partial charge in [-0.1, -0.05) is 36.6 Å². The molecule has 1 saturated carbocycles. The fraction of sp³-hybridized carbons (Fsp3) is 0.560. The van der Waals surface area contributed by atoms with Crippen molar-refractivity contribution in [2.24, 2.45) is 0 Å². The van der Waals surface area contributed by atoms with Gasteiger partial charge in [0.15, 0.2) is 5.11 Å². The van der Waals surface area contributed by atoms with Gasteiger partial charge in [-0.25, -0.2) is 0 Å². The fourth-order valence-corrected chi connectivity index (χ4v) is 5.80. The van der Waals surface area contributed by atoms with Gasteiger partial charge >= 0.3 is 0 Å². The van der Waals surface area contributed by atoms with Crippen LogP contribution in [0.3, 0.4) is 0 Å². The number of benzene rings is 1. The van der Waals surface area contributed by atoms with Gasteiger partial charge in [-0.2, -0.15) is 9.97 Å². The van der Waals surface area contributed by atoms with E-state index in [1.54, 1.807) is 0 Å². The molecule has 3 heterocycles. The minimum Gasteiger partial charge on any atom is -0.361 e. The molecule has 2 aliphatic heterocycles. The van der Waals surface area contributed by atoms with Crippen LogP contribution in [0.25, 0.3) is 0 Å². The van der Waals surface area contributed by atoms with Gasteiger partial charge in [0, 0.05) is 49.2 Å². The van der Waals surface area contributed by atoms with E-state index in [9.17, 15) is 0 Å². The van der Waals surface area contributed by atoms with Crippen LogP contribution in [0.15, 0.2) is 30.3 Å². The van der Waals surface area contributed by atoms with Gasteiger partial charge in [-0.15, -0.1) is 0 Å². The van der Waals surface area contributed by atoms with Crippen molar-refractivity contribution in [1.82, 2.24) is 15.3 Å². The second kappa shape index (κ2) is 10.0. The van der Waals surface area contributed by atoms with Crippen LogP contribution < -0.4 is 20.4 Å². The van der Waals surface area contributed by atoms with Crippen LogP contribution in [0.2, 0.25) is 5.02 Å². The molecule has 5 rings (SSSR count). The molecular weight excluding hydrogens is 452 g/mol. The molecule has 1 aliphatic carbocycles. The molecule has 0 spiro atoms. The quantitative estimate of drug-likeness (QED) is 0.551. The summed E-state index contributed by atoms with van der Waals surface area (Å²) in [5.41, 5.74) is 1.43. The molecule has 2 N–H and O–H groups in total. The summed E-state index contributed by atoms with van der Waals surface area (Å²) in [6.45, 7) is 5.03. The topological polar surface area (TPSA) is 56.3 Å². The highest BCUT2D eigenvalue weighted by Crippen LogP contribution is 2.41. The minimum absolute atomic E-state index is 0.0926. The van der Waals surface area contributed by atoms with E-state index >= 15 is 0 Å². The first-order valence-corrected chi connectivity index (χ1v) is 13.1. The normalized spacial score (nSPS) is 19.8. The zero-order chi connectivity index (χ0) is 22.7. The van der Waals surface area contributed by atoms with E-state index in [1.807, 2.05) is 12.1 Å². The number of rotatable bonds is 6. The third kappa shape index (κ3) is 5.19.